The third-order valence-electron chi connectivity index (χ3n) is 4.68. The molecule has 0 aliphatic heterocycles. The minimum Gasteiger partial charge on any atom is -0.338 e. The van der Waals surface area contributed by atoms with E-state index < -0.39 is 0 Å². The smallest absolute Gasteiger partial charge is 0.278 e. The fraction of sp³-hybridized carbons (Fsp3) is 0.0870. The van der Waals surface area contributed by atoms with Crippen LogP contribution >= 0.6 is 0 Å². The number of aromatic amines is 1. The summed E-state index contributed by atoms with van der Waals surface area (Å²) in [6, 6.07) is 20.1. The van der Waals surface area contributed by atoms with Crippen molar-refractivity contribution in [3.8, 4) is 17.3 Å². The van der Waals surface area contributed by atoms with E-state index >= 15 is 0 Å². The molecule has 2 aromatic carbocycles. The summed E-state index contributed by atoms with van der Waals surface area (Å²) in [5, 5.41) is 13.3. The van der Waals surface area contributed by atoms with Crippen LogP contribution in [0.15, 0.2) is 65.6 Å². The first-order valence-corrected chi connectivity index (χ1v) is 9.08. The van der Waals surface area contributed by atoms with Gasteiger partial charge >= 0.3 is 0 Å². The van der Waals surface area contributed by atoms with Gasteiger partial charge in [0.1, 0.15) is 11.6 Å². The molecule has 0 aliphatic carbocycles. The molecule has 0 aliphatic rings. The SMILES string of the molecule is CCc1c(-c2cccc(/C=C/c3ccccc3)c2)[nH]c2c(C#N)cnn2c1=O. The van der Waals surface area contributed by atoms with Crippen molar-refractivity contribution in [1.82, 2.24) is 14.6 Å². The van der Waals surface area contributed by atoms with Crippen LogP contribution in [-0.2, 0) is 6.42 Å². The minimum absolute atomic E-state index is 0.196. The Labute approximate surface area is 162 Å². The normalized spacial score (nSPS) is 11.1. The number of hydrogen-bond donors (Lipinski definition) is 1. The third kappa shape index (κ3) is 3.12. The van der Waals surface area contributed by atoms with Crippen molar-refractivity contribution in [3.63, 3.8) is 0 Å². The van der Waals surface area contributed by atoms with Gasteiger partial charge in [0.15, 0.2) is 5.65 Å². The molecule has 5 heteroatoms. The highest BCUT2D eigenvalue weighted by Crippen LogP contribution is 2.23. The van der Waals surface area contributed by atoms with Gasteiger partial charge in [-0.05, 0) is 29.2 Å². The Morgan fingerprint density at radius 2 is 1.86 bits per heavy atom. The molecule has 1 N–H and O–H groups in total. The summed E-state index contributed by atoms with van der Waals surface area (Å²) in [6.07, 6.45) is 6.07. The van der Waals surface area contributed by atoms with Crippen LogP contribution in [0.5, 0.6) is 0 Å². The van der Waals surface area contributed by atoms with Crippen LogP contribution in [0.3, 0.4) is 0 Å². The Hall–Kier alpha value is -3.91. The Kier molecular flexibility index (Phi) is 4.61. The highest BCUT2D eigenvalue weighted by Gasteiger charge is 2.15. The first-order chi connectivity index (χ1) is 13.7. The molecule has 2 heterocycles. The van der Waals surface area contributed by atoms with Gasteiger partial charge in [0.05, 0.1) is 11.9 Å². The molecule has 4 aromatic rings. The zero-order valence-corrected chi connectivity index (χ0v) is 15.4. The van der Waals surface area contributed by atoms with Crippen LogP contribution in [0.4, 0.5) is 0 Å². The summed E-state index contributed by atoms with van der Waals surface area (Å²) < 4.78 is 1.26. The van der Waals surface area contributed by atoms with E-state index in [1.807, 2.05) is 67.6 Å². The Bertz CT molecular complexity index is 1270. The summed E-state index contributed by atoms with van der Waals surface area (Å²) in [4.78, 5) is 16.1. The van der Waals surface area contributed by atoms with Crippen molar-refractivity contribution in [2.45, 2.75) is 13.3 Å². The monoisotopic (exact) mass is 366 g/mol. The maximum atomic E-state index is 12.8. The largest absolute Gasteiger partial charge is 0.338 e. The zero-order valence-electron chi connectivity index (χ0n) is 15.4. The minimum atomic E-state index is -0.196. The van der Waals surface area contributed by atoms with Gasteiger partial charge in [0, 0.05) is 5.56 Å². The maximum absolute atomic E-state index is 12.8. The maximum Gasteiger partial charge on any atom is 0.278 e. The van der Waals surface area contributed by atoms with E-state index in [1.165, 1.54) is 10.7 Å². The van der Waals surface area contributed by atoms with E-state index in [0.717, 1.165) is 22.4 Å². The molecule has 28 heavy (non-hydrogen) atoms. The molecule has 5 nitrogen and oxygen atoms in total. The van der Waals surface area contributed by atoms with Gasteiger partial charge in [0.2, 0.25) is 0 Å². The number of nitrogens with zero attached hydrogens (tertiary/aromatic N) is 3. The molecule has 136 valence electrons. The molecule has 0 spiro atoms. The van der Waals surface area contributed by atoms with Crippen LogP contribution in [0.1, 0.15) is 29.2 Å². The standard InChI is InChI=1S/C23H18N4O/c1-2-20-21(26-22-19(14-24)15-25-27(22)23(20)28)18-10-6-9-17(13-18)12-11-16-7-4-3-5-8-16/h3-13,15,26H,2H2,1H3/b12-11+. The van der Waals surface area contributed by atoms with E-state index in [4.69, 9.17) is 0 Å². The summed E-state index contributed by atoms with van der Waals surface area (Å²) in [5.41, 5.74) is 4.99. The molecule has 0 saturated carbocycles. The number of nitriles is 1. The molecule has 0 radical (unpaired) electrons. The number of benzene rings is 2. The molecule has 0 unspecified atom stereocenters. The lowest BCUT2D eigenvalue weighted by atomic mass is 10.0. The molecular weight excluding hydrogens is 348 g/mol. The van der Waals surface area contributed by atoms with Crippen molar-refractivity contribution in [2.75, 3.05) is 0 Å². The van der Waals surface area contributed by atoms with Crippen molar-refractivity contribution in [2.24, 2.45) is 0 Å². The average Bonchev–Trinajstić information content (AvgIpc) is 3.16. The van der Waals surface area contributed by atoms with Gasteiger partial charge < -0.3 is 4.98 Å². The molecule has 0 saturated heterocycles. The van der Waals surface area contributed by atoms with Gasteiger partial charge in [-0.3, -0.25) is 4.79 Å². The lowest BCUT2D eigenvalue weighted by Gasteiger charge is -2.10. The molecule has 4 rings (SSSR count). The number of rotatable bonds is 4. The topological polar surface area (TPSA) is 73.9 Å². The van der Waals surface area contributed by atoms with E-state index in [9.17, 15) is 10.1 Å². The van der Waals surface area contributed by atoms with Gasteiger partial charge in [-0.2, -0.15) is 14.9 Å². The Morgan fingerprint density at radius 3 is 2.61 bits per heavy atom. The van der Waals surface area contributed by atoms with Gasteiger partial charge in [-0.1, -0.05) is 67.6 Å². The lowest BCUT2D eigenvalue weighted by molar-refractivity contribution is 0.870. The number of fused-ring (bicyclic) bond motifs is 1. The lowest BCUT2D eigenvalue weighted by Crippen LogP contribution is -2.21. The highest BCUT2D eigenvalue weighted by molar-refractivity contribution is 5.74. The van der Waals surface area contributed by atoms with Gasteiger partial charge in [0.25, 0.3) is 5.56 Å². The Balaban J connectivity index is 1.83. The van der Waals surface area contributed by atoms with Crippen molar-refractivity contribution < 1.29 is 0 Å². The average molecular weight is 366 g/mol. The second kappa shape index (κ2) is 7.37. The van der Waals surface area contributed by atoms with Crippen LogP contribution < -0.4 is 5.56 Å². The number of hydrogen-bond acceptors (Lipinski definition) is 3. The van der Waals surface area contributed by atoms with Crippen LogP contribution in [0, 0.1) is 11.3 Å². The van der Waals surface area contributed by atoms with Crippen molar-refractivity contribution >= 4 is 17.8 Å². The molecule has 0 atom stereocenters. The van der Waals surface area contributed by atoms with E-state index in [2.05, 4.69) is 22.2 Å². The fourth-order valence-electron chi connectivity index (χ4n) is 3.26. The zero-order chi connectivity index (χ0) is 19.5. The predicted molar refractivity (Wildman–Crippen MR) is 111 cm³/mol. The molecular formula is C23H18N4O. The highest BCUT2D eigenvalue weighted by atomic mass is 16.1. The molecule has 2 aromatic heterocycles. The number of nitrogens with one attached hydrogen (secondary N) is 1. The fourth-order valence-corrected chi connectivity index (χ4v) is 3.26. The first-order valence-electron chi connectivity index (χ1n) is 9.08. The Morgan fingerprint density at radius 1 is 1.11 bits per heavy atom. The molecule has 0 amide bonds. The number of H-pyrrole nitrogens is 1. The van der Waals surface area contributed by atoms with Gasteiger partial charge in [-0.15, -0.1) is 0 Å². The van der Waals surface area contributed by atoms with Crippen LogP contribution in [0.25, 0.3) is 29.1 Å². The number of aromatic nitrogens is 3. The van der Waals surface area contributed by atoms with E-state index in [-0.39, 0.29) is 5.56 Å². The van der Waals surface area contributed by atoms with E-state index in [1.54, 1.807) is 0 Å². The van der Waals surface area contributed by atoms with E-state index in [0.29, 0.717) is 23.2 Å². The summed E-state index contributed by atoms with van der Waals surface area (Å²) >= 11 is 0. The van der Waals surface area contributed by atoms with Crippen LogP contribution in [-0.4, -0.2) is 14.6 Å². The predicted octanol–water partition coefficient (Wildman–Crippen LogP) is 4.29. The summed E-state index contributed by atoms with van der Waals surface area (Å²) in [5.74, 6) is 0. The third-order valence-corrected chi connectivity index (χ3v) is 4.68. The van der Waals surface area contributed by atoms with Gasteiger partial charge in [-0.25, -0.2) is 0 Å². The molecule has 0 fully saturated rings. The van der Waals surface area contributed by atoms with Crippen LogP contribution in [0.2, 0.25) is 0 Å². The quantitative estimate of drug-likeness (QED) is 0.547. The van der Waals surface area contributed by atoms with Crippen molar-refractivity contribution in [3.05, 3.63) is 93.4 Å². The second-order valence-electron chi connectivity index (χ2n) is 6.44. The summed E-state index contributed by atoms with van der Waals surface area (Å²) in [6.45, 7) is 1.94. The second-order valence-corrected chi connectivity index (χ2v) is 6.44. The molecule has 0 bridgehead atoms. The van der Waals surface area contributed by atoms with Crippen molar-refractivity contribution in [1.29, 1.82) is 5.26 Å². The summed E-state index contributed by atoms with van der Waals surface area (Å²) in [7, 11) is 0. The first kappa shape index (κ1) is 17.5.